The quantitative estimate of drug-likeness (QED) is 0.790. The molecule has 0 saturated heterocycles. The van der Waals surface area contributed by atoms with E-state index in [0.717, 1.165) is 30.4 Å². The highest BCUT2D eigenvalue weighted by atomic mass is 79.9. The fourth-order valence-electron chi connectivity index (χ4n) is 4.53. The van der Waals surface area contributed by atoms with E-state index in [4.69, 9.17) is 0 Å². The Morgan fingerprint density at radius 3 is 2.81 bits per heavy atom. The van der Waals surface area contributed by atoms with Crippen LogP contribution >= 0.6 is 15.9 Å². The molecule has 21 heavy (non-hydrogen) atoms. The summed E-state index contributed by atoms with van der Waals surface area (Å²) in [5.41, 5.74) is 1.46. The van der Waals surface area contributed by atoms with E-state index in [-0.39, 0.29) is 5.82 Å². The van der Waals surface area contributed by atoms with Gasteiger partial charge in [-0.05, 0) is 70.5 Å². The minimum atomic E-state index is -0.136. The molecule has 2 aliphatic carbocycles. The van der Waals surface area contributed by atoms with Gasteiger partial charge in [-0.25, -0.2) is 4.39 Å². The third-order valence-electron chi connectivity index (χ3n) is 5.54. The van der Waals surface area contributed by atoms with E-state index in [2.05, 4.69) is 41.2 Å². The van der Waals surface area contributed by atoms with Crippen molar-refractivity contribution in [2.24, 2.45) is 17.3 Å². The fourth-order valence-corrected chi connectivity index (χ4v) is 4.93. The van der Waals surface area contributed by atoms with Gasteiger partial charge in [0.05, 0.1) is 4.47 Å². The lowest BCUT2D eigenvalue weighted by atomic mass is 9.69. The highest BCUT2D eigenvalue weighted by Crippen LogP contribution is 2.57. The van der Waals surface area contributed by atoms with Gasteiger partial charge in [-0.1, -0.05) is 32.4 Å². The molecule has 0 spiro atoms. The van der Waals surface area contributed by atoms with E-state index >= 15 is 0 Å². The van der Waals surface area contributed by atoms with Gasteiger partial charge in [0.25, 0.3) is 0 Å². The molecule has 2 bridgehead atoms. The molecule has 116 valence electrons. The molecule has 3 atom stereocenters. The molecule has 0 radical (unpaired) electrons. The normalized spacial score (nSPS) is 31.3. The highest BCUT2D eigenvalue weighted by molar-refractivity contribution is 9.10. The van der Waals surface area contributed by atoms with Crippen molar-refractivity contribution in [2.75, 3.05) is 6.54 Å². The maximum absolute atomic E-state index is 13.8. The van der Waals surface area contributed by atoms with Gasteiger partial charge in [0.1, 0.15) is 5.82 Å². The molecular formula is C18H25BrFN. The molecule has 2 aliphatic rings. The zero-order valence-corrected chi connectivity index (χ0v) is 14.5. The minimum Gasteiger partial charge on any atom is -0.314 e. The standard InChI is InChI=1S/C18H25BrFN/c1-12(2)21-11-18(9-13-6-7-15(18)8-13)10-14-4-3-5-16(20)17(14)19/h3-5,12-13,15,21H,6-11H2,1-2H3. The fraction of sp³-hybridized carbons (Fsp3) is 0.667. The third-order valence-corrected chi connectivity index (χ3v) is 6.43. The van der Waals surface area contributed by atoms with E-state index in [9.17, 15) is 4.39 Å². The average molecular weight is 354 g/mol. The summed E-state index contributed by atoms with van der Waals surface area (Å²) in [5.74, 6) is 1.57. The largest absolute Gasteiger partial charge is 0.314 e. The predicted molar refractivity (Wildman–Crippen MR) is 88.8 cm³/mol. The first-order chi connectivity index (χ1) is 10.00. The van der Waals surface area contributed by atoms with Gasteiger partial charge in [0, 0.05) is 12.6 Å². The number of rotatable bonds is 5. The molecule has 3 unspecified atom stereocenters. The van der Waals surface area contributed by atoms with E-state index in [1.807, 2.05) is 6.07 Å². The van der Waals surface area contributed by atoms with Gasteiger partial charge in [0.15, 0.2) is 0 Å². The number of halogens is 2. The Morgan fingerprint density at radius 1 is 1.38 bits per heavy atom. The first-order valence-electron chi connectivity index (χ1n) is 8.16. The van der Waals surface area contributed by atoms with Gasteiger partial charge in [-0.3, -0.25) is 0 Å². The molecule has 0 heterocycles. The van der Waals surface area contributed by atoms with Gasteiger partial charge < -0.3 is 5.32 Å². The van der Waals surface area contributed by atoms with Crippen LogP contribution in [0.25, 0.3) is 0 Å². The minimum absolute atomic E-state index is 0.136. The Labute approximate surface area is 135 Å². The van der Waals surface area contributed by atoms with Crippen molar-refractivity contribution in [3.63, 3.8) is 0 Å². The van der Waals surface area contributed by atoms with Crippen molar-refractivity contribution in [3.8, 4) is 0 Å². The summed E-state index contributed by atoms with van der Waals surface area (Å²) in [6.45, 7) is 5.48. The lowest BCUT2D eigenvalue weighted by Crippen LogP contribution is -2.42. The second kappa shape index (κ2) is 6.00. The summed E-state index contributed by atoms with van der Waals surface area (Å²) in [6.07, 6.45) is 6.44. The van der Waals surface area contributed by atoms with Crippen LogP contribution in [-0.2, 0) is 6.42 Å². The Balaban J connectivity index is 1.84. The summed E-state index contributed by atoms with van der Waals surface area (Å²) in [4.78, 5) is 0. The van der Waals surface area contributed by atoms with Crippen molar-refractivity contribution in [1.29, 1.82) is 0 Å². The van der Waals surface area contributed by atoms with Crippen molar-refractivity contribution in [3.05, 3.63) is 34.1 Å². The molecule has 3 rings (SSSR count). The SMILES string of the molecule is CC(C)NCC1(Cc2cccc(F)c2Br)CC2CCC1C2. The first-order valence-corrected chi connectivity index (χ1v) is 8.96. The maximum Gasteiger partial charge on any atom is 0.137 e. The van der Waals surface area contributed by atoms with E-state index in [0.29, 0.717) is 15.9 Å². The Bertz CT molecular complexity index is 516. The molecule has 2 saturated carbocycles. The van der Waals surface area contributed by atoms with E-state index in [1.54, 1.807) is 0 Å². The van der Waals surface area contributed by atoms with Crippen molar-refractivity contribution >= 4 is 15.9 Å². The summed E-state index contributed by atoms with van der Waals surface area (Å²) in [7, 11) is 0. The first kappa shape index (κ1) is 15.5. The molecule has 0 aromatic heterocycles. The Morgan fingerprint density at radius 2 is 2.19 bits per heavy atom. The molecule has 0 amide bonds. The number of nitrogens with one attached hydrogen (secondary N) is 1. The third kappa shape index (κ3) is 3.05. The highest BCUT2D eigenvalue weighted by Gasteiger charge is 2.50. The molecule has 1 aromatic rings. The van der Waals surface area contributed by atoms with Crippen LogP contribution in [0.2, 0.25) is 0 Å². The predicted octanol–water partition coefficient (Wildman–Crippen LogP) is 4.94. The molecule has 1 N–H and O–H groups in total. The van der Waals surface area contributed by atoms with Crippen LogP contribution in [0.4, 0.5) is 4.39 Å². The van der Waals surface area contributed by atoms with Crippen LogP contribution in [0.5, 0.6) is 0 Å². The molecule has 0 aliphatic heterocycles. The summed E-state index contributed by atoms with van der Waals surface area (Å²) in [6, 6.07) is 5.97. The number of benzene rings is 1. The zero-order valence-electron chi connectivity index (χ0n) is 13.0. The molecule has 1 aromatic carbocycles. The monoisotopic (exact) mass is 353 g/mol. The summed E-state index contributed by atoms with van der Waals surface area (Å²) >= 11 is 3.45. The number of hydrogen-bond donors (Lipinski definition) is 1. The van der Waals surface area contributed by atoms with E-state index in [1.165, 1.54) is 31.7 Å². The van der Waals surface area contributed by atoms with Gasteiger partial charge >= 0.3 is 0 Å². The maximum atomic E-state index is 13.8. The summed E-state index contributed by atoms with van der Waals surface area (Å²) < 4.78 is 14.5. The van der Waals surface area contributed by atoms with Crippen LogP contribution in [0, 0.1) is 23.1 Å². The van der Waals surface area contributed by atoms with Crippen molar-refractivity contribution < 1.29 is 4.39 Å². The molecular weight excluding hydrogens is 329 g/mol. The second-order valence-electron chi connectivity index (χ2n) is 7.37. The summed E-state index contributed by atoms with van der Waals surface area (Å²) in [5, 5.41) is 3.66. The Kier molecular flexibility index (Phi) is 4.42. The van der Waals surface area contributed by atoms with Crippen LogP contribution in [-0.4, -0.2) is 12.6 Å². The van der Waals surface area contributed by atoms with Crippen LogP contribution < -0.4 is 5.32 Å². The molecule has 2 fully saturated rings. The second-order valence-corrected chi connectivity index (χ2v) is 8.16. The van der Waals surface area contributed by atoms with E-state index < -0.39 is 0 Å². The van der Waals surface area contributed by atoms with Gasteiger partial charge in [-0.2, -0.15) is 0 Å². The van der Waals surface area contributed by atoms with Gasteiger partial charge in [-0.15, -0.1) is 0 Å². The average Bonchev–Trinajstić information content (AvgIpc) is 3.03. The topological polar surface area (TPSA) is 12.0 Å². The van der Waals surface area contributed by atoms with Crippen molar-refractivity contribution in [1.82, 2.24) is 5.32 Å². The van der Waals surface area contributed by atoms with Crippen LogP contribution in [0.15, 0.2) is 22.7 Å². The molecule has 1 nitrogen and oxygen atoms in total. The number of fused-ring (bicyclic) bond motifs is 2. The zero-order chi connectivity index (χ0) is 15.0. The van der Waals surface area contributed by atoms with Crippen LogP contribution in [0.3, 0.4) is 0 Å². The van der Waals surface area contributed by atoms with Crippen LogP contribution in [0.1, 0.15) is 45.1 Å². The lowest BCUT2D eigenvalue weighted by Gasteiger charge is -2.39. The van der Waals surface area contributed by atoms with Gasteiger partial charge in [0.2, 0.25) is 0 Å². The number of hydrogen-bond acceptors (Lipinski definition) is 1. The Hall–Kier alpha value is -0.410. The lowest BCUT2D eigenvalue weighted by molar-refractivity contribution is 0.152. The molecule has 3 heteroatoms. The smallest absolute Gasteiger partial charge is 0.137 e. The van der Waals surface area contributed by atoms with Crippen molar-refractivity contribution in [2.45, 2.75) is 52.0 Å².